The number of rotatable bonds is 6. The summed E-state index contributed by atoms with van der Waals surface area (Å²) in [4.78, 5) is 9.00. The van der Waals surface area contributed by atoms with E-state index in [0.29, 0.717) is 0 Å². The minimum absolute atomic E-state index is 0.159. The SMILES string of the molecule is C=C(CO)CCCCCC.CC(=O)O. The number of aliphatic carboxylic acids is 1. The molecule has 2 N–H and O–H groups in total. The van der Waals surface area contributed by atoms with Crippen molar-refractivity contribution in [3.05, 3.63) is 12.2 Å². The van der Waals surface area contributed by atoms with Crippen molar-refractivity contribution >= 4 is 5.97 Å². The molecule has 0 saturated heterocycles. The lowest BCUT2D eigenvalue weighted by molar-refractivity contribution is -0.134. The number of carboxylic acids is 1. The normalized spacial score (nSPS) is 8.79. The third-order valence-corrected chi connectivity index (χ3v) is 1.61. The fourth-order valence-electron chi connectivity index (χ4n) is 0.881. The molecule has 3 heteroatoms. The largest absolute Gasteiger partial charge is 0.481 e. The van der Waals surface area contributed by atoms with E-state index in [1.807, 2.05) is 0 Å². The van der Waals surface area contributed by atoms with Crippen molar-refractivity contribution in [2.75, 3.05) is 6.61 Å². The number of unbranched alkanes of at least 4 members (excludes halogenated alkanes) is 3. The van der Waals surface area contributed by atoms with Gasteiger partial charge in [-0.05, 0) is 12.8 Å². The molecule has 0 aromatic heterocycles. The summed E-state index contributed by atoms with van der Waals surface area (Å²) in [5.41, 5.74) is 0.969. The number of aliphatic hydroxyl groups excluding tert-OH is 1. The smallest absolute Gasteiger partial charge is 0.300 e. The highest BCUT2D eigenvalue weighted by Crippen LogP contribution is 2.07. The van der Waals surface area contributed by atoms with E-state index in [2.05, 4.69) is 13.5 Å². The standard InChI is InChI=1S/C9H18O.C2H4O2/c1-3-4-5-6-7-9(2)8-10;1-2(3)4/h10H,2-8H2,1H3;1H3,(H,3,4). The van der Waals surface area contributed by atoms with Crippen LogP contribution in [0.5, 0.6) is 0 Å². The summed E-state index contributed by atoms with van der Waals surface area (Å²) >= 11 is 0. The second-order valence-electron chi connectivity index (χ2n) is 3.24. The average molecular weight is 202 g/mol. The predicted molar refractivity (Wildman–Crippen MR) is 58.3 cm³/mol. The molecule has 0 radical (unpaired) electrons. The molecule has 0 fully saturated rings. The maximum absolute atomic E-state index is 9.00. The van der Waals surface area contributed by atoms with Gasteiger partial charge in [0.15, 0.2) is 0 Å². The van der Waals surface area contributed by atoms with E-state index < -0.39 is 5.97 Å². The summed E-state index contributed by atoms with van der Waals surface area (Å²) < 4.78 is 0. The van der Waals surface area contributed by atoms with Crippen molar-refractivity contribution in [2.24, 2.45) is 0 Å². The van der Waals surface area contributed by atoms with Gasteiger partial charge in [0.2, 0.25) is 0 Å². The van der Waals surface area contributed by atoms with Crippen molar-refractivity contribution in [2.45, 2.75) is 46.0 Å². The van der Waals surface area contributed by atoms with Crippen molar-refractivity contribution in [3.63, 3.8) is 0 Å². The maximum Gasteiger partial charge on any atom is 0.300 e. The minimum atomic E-state index is -0.833. The van der Waals surface area contributed by atoms with E-state index in [-0.39, 0.29) is 6.61 Å². The molecule has 0 unspecified atom stereocenters. The van der Waals surface area contributed by atoms with Crippen LogP contribution in [0.1, 0.15) is 46.0 Å². The first kappa shape index (κ1) is 15.6. The maximum atomic E-state index is 9.00. The summed E-state index contributed by atoms with van der Waals surface area (Å²) in [7, 11) is 0. The second-order valence-corrected chi connectivity index (χ2v) is 3.24. The Balaban J connectivity index is 0. The van der Waals surface area contributed by atoms with Gasteiger partial charge in [0.25, 0.3) is 5.97 Å². The molecule has 0 atom stereocenters. The van der Waals surface area contributed by atoms with Crippen LogP contribution in [0.3, 0.4) is 0 Å². The highest BCUT2D eigenvalue weighted by Gasteiger charge is 1.91. The van der Waals surface area contributed by atoms with Crippen molar-refractivity contribution in [1.29, 1.82) is 0 Å². The molecule has 0 aromatic carbocycles. The molecule has 0 aliphatic rings. The van der Waals surface area contributed by atoms with Gasteiger partial charge < -0.3 is 10.2 Å². The number of aliphatic hydroxyl groups is 1. The number of carboxylic acid groups (broad SMARTS) is 1. The van der Waals surface area contributed by atoms with Gasteiger partial charge in [-0.1, -0.05) is 38.3 Å². The Morgan fingerprint density at radius 1 is 1.29 bits per heavy atom. The summed E-state index contributed by atoms with van der Waals surface area (Å²) in [5.74, 6) is -0.833. The number of carbonyl (C=O) groups is 1. The zero-order valence-corrected chi connectivity index (χ0v) is 9.25. The number of hydrogen-bond donors (Lipinski definition) is 2. The van der Waals surface area contributed by atoms with Crippen LogP contribution in [0.15, 0.2) is 12.2 Å². The molecular formula is C11H22O3. The molecule has 84 valence electrons. The van der Waals surface area contributed by atoms with Gasteiger partial charge in [-0.25, -0.2) is 0 Å². The minimum Gasteiger partial charge on any atom is -0.481 e. The topological polar surface area (TPSA) is 57.5 Å². The number of hydrogen-bond acceptors (Lipinski definition) is 2. The molecule has 14 heavy (non-hydrogen) atoms. The Hall–Kier alpha value is -0.830. The lowest BCUT2D eigenvalue weighted by Gasteiger charge is -1.99. The Morgan fingerprint density at radius 2 is 1.79 bits per heavy atom. The first-order valence-electron chi connectivity index (χ1n) is 5.01. The first-order valence-corrected chi connectivity index (χ1v) is 5.01. The molecule has 3 nitrogen and oxygen atoms in total. The molecule has 0 amide bonds. The monoisotopic (exact) mass is 202 g/mol. The predicted octanol–water partition coefficient (Wildman–Crippen LogP) is 2.60. The Bertz CT molecular complexity index is 149. The van der Waals surface area contributed by atoms with Gasteiger partial charge in [0.05, 0.1) is 6.61 Å². The highest BCUT2D eigenvalue weighted by atomic mass is 16.4. The zero-order valence-electron chi connectivity index (χ0n) is 9.25. The van der Waals surface area contributed by atoms with E-state index >= 15 is 0 Å². The van der Waals surface area contributed by atoms with Gasteiger partial charge in [-0.3, -0.25) is 4.79 Å². The first-order chi connectivity index (χ1) is 6.54. The molecule has 0 bridgehead atoms. The van der Waals surface area contributed by atoms with Crippen molar-refractivity contribution < 1.29 is 15.0 Å². The molecule has 0 saturated carbocycles. The summed E-state index contributed by atoms with van der Waals surface area (Å²) in [6.45, 7) is 7.16. The van der Waals surface area contributed by atoms with Crippen LogP contribution in [0.4, 0.5) is 0 Å². The van der Waals surface area contributed by atoms with Gasteiger partial charge >= 0.3 is 0 Å². The summed E-state index contributed by atoms with van der Waals surface area (Å²) in [6.07, 6.45) is 6.03. The van der Waals surface area contributed by atoms with Crippen LogP contribution < -0.4 is 0 Å². The van der Waals surface area contributed by atoms with Crippen LogP contribution in [0.2, 0.25) is 0 Å². The fourth-order valence-corrected chi connectivity index (χ4v) is 0.881. The molecule has 0 heterocycles. The molecule has 0 aromatic rings. The zero-order chi connectivity index (χ0) is 11.4. The fraction of sp³-hybridized carbons (Fsp3) is 0.727. The Morgan fingerprint density at radius 3 is 2.14 bits per heavy atom. The molecule has 0 aliphatic heterocycles. The van der Waals surface area contributed by atoms with Gasteiger partial charge in [-0.15, -0.1) is 0 Å². The third-order valence-electron chi connectivity index (χ3n) is 1.61. The molecular weight excluding hydrogens is 180 g/mol. The van der Waals surface area contributed by atoms with E-state index in [9.17, 15) is 0 Å². The van der Waals surface area contributed by atoms with Crippen molar-refractivity contribution in [1.82, 2.24) is 0 Å². The van der Waals surface area contributed by atoms with Crippen LogP contribution in [0.25, 0.3) is 0 Å². The van der Waals surface area contributed by atoms with E-state index in [1.54, 1.807) is 0 Å². The molecule has 0 rings (SSSR count). The van der Waals surface area contributed by atoms with E-state index in [1.165, 1.54) is 25.7 Å². The van der Waals surface area contributed by atoms with Crippen LogP contribution in [-0.2, 0) is 4.79 Å². The van der Waals surface area contributed by atoms with Crippen LogP contribution in [0, 0.1) is 0 Å². The second kappa shape index (κ2) is 12.2. The van der Waals surface area contributed by atoms with Crippen LogP contribution >= 0.6 is 0 Å². The lowest BCUT2D eigenvalue weighted by Crippen LogP contribution is -1.87. The van der Waals surface area contributed by atoms with Gasteiger partial charge in [-0.2, -0.15) is 0 Å². The van der Waals surface area contributed by atoms with Gasteiger partial charge in [0.1, 0.15) is 0 Å². The molecule has 0 aliphatic carbocycles. The van der Waals surface area contributed by atoms with Crippen LogP contribution in [-0.4, -0.2) is 22.8 Å². The summed E-state index contributed by atoms with van der Waals surface area (Å²) in [6, 6.07) is 0. The Labute approximate surface area is 86.5 Å². The lowest BCUT2D eigenvalue weighted by atomic mass is 10.1. The Kier molecular flexibility index (Phi) is 13.6. The average Bonchev–Trinajstić information content (AvgIpc) is 2.11. The van der Waals surface area contributed by atoms with E-state index in [4.69, 9.17) is 15.0 Å². The third kappa shape index (κ3) is 22.5. The van der Waals surface area contributed by atoms with Gasteiger partial charge in [0, 0.05) is 6.92 Å². The summed E-state index contributed by atoms with van der Waals surface area (Å²) in [5, 5.41) is 16.0. The van der Waals surface area contributed by atoms with E-state index in [0.717, 1.165) is 18.9 Å². The molecule has 0 spiro atoms. The highest BCUT2D eigenvalue weighted by molar-refractivity contribution is 5.62. The van der Waals surface area contributed by atoms with Crippen molar-refractivity contribution in [3.8, 4) is 0 Å². The quantitative estimate of drug-likeness (QED) is 0.514.